The monoisotopic (exact) mass is 487 g/mol. The van der Waals surface area contributed by atoms with Gasteiger partial charge in [0.05, 0.1) is 12.6 Å². The Bertz CT molecular complexity index is 1130. The molecule has 0 saturated carbocycles. The third-order valence-corrected chi connectivity index (χ3v) is 7.57. The van der Waals surface area contributed by atoms with E-state index >= 15 is 0 Å². The molecule has 2 fully saturated rings. The van der Waals surface area contributed by atoms with Crippen LogP contribution in [0.15, 0.2) is 53.1 Å². The van der Waals surface area contributed by atoms with Gasteiger partial charge in [-0.25, -0.2) is 0 Å². The van der Waals surface area contributed by atoms with Crippen LogP contribution in [0.5, 0.6) is 0 Å². The van der Waals surface area contributed by atoms with E-state index in [0.29, 0.717) is 18.3 Å². The molecule has 1 aromatic heterocycles. The van der Waals surface area contributed by atoms with Crippen LogP contribution in [0.3, 0.4) is 0 Å². The third-order valence-electron chi connectivity index (χ3n) is 7.57. The van der Waals surface area contributed by atoms with Crippen molar-refractivity contribution in [2.45, 2.75) is 58.5 Å². The molecule has 2 aliphatic heterocycles. The van der Waals surface area contributed by atoms with Crippen molar-refractivity contribution in [2.75, 3.05) is 31.1 Å². The summed E-state index contributed by atoms with van der Waals surface area (Å²) in [5, 5.41) is 7.38. The summed E-state index contributed by atoms with van der Waals surface area (Å²) in [5.41, 5.74) is 4.61. The molecule has 2 aromatic carbocycles. The number of hydrogen-bond acceptors (Lipinski definition) is 6. The molecule has 0 spiro atoms. The Morgan fingerprint density at radius 2 is 1.69 bits per heavy atom. The minimum Gasteiger partial charge on any atom is -0.372 e. The van der Waals surface area contributed by atoms with Crippen molar-refractivity contribution in [1.29, 1.82) is 0 Å². The van der Waals surface area contributed by atoms with Crippen LogP contribution in [-0.4, -0.2) is 47.1 Å². The Balaban J connectivity index is 1.08. The summed E-state index contributed by atoms with van der Waals surface area (Å²) >= 11 is 0. The first-order valence-corrected chi connectivity index (χ1v) is 13.3. The zero-order chi connectivity index (χ0) is 24.9. The SMILES string of the molecule is Cc1ccc(-c2noc(CN3CCC(C(=O)NC(C)c4ccc(N5CCCCC5)cc4)CC3)n2)cc1. The van der Waals surface area contributed by atoms with Crippen LogP contribution in [0.2, 0.25) is 0 Å². The lowest BCUT2D eigenvalue weighted by Gasteiger charge is -2.31. The zero-order valence-electron chi connectivity index (χ0n) is 21.4. The first-order chi connectivity index (χ1) is 17.5. The minimum absolute atomic E-state index is 0.00419. The molecule has 3 aromatic rings. The Morgan fingerprint density at radius 1 is 1.00 bits per heavy atom. The number of carbonyl (C=O) groups is 1. The second-order valence-corrected chi connectivity index (χ2v) is 10.3. The van der Waals surface area contributed by atoms with E-state index in [-0.39, 0.29) is 17.9 Å². The van der Waals surface area contributed by atoms with E-state index in [0.717, 1.165) is 50.1 Å². The Labute approximate surface area is 213 Å². The lowest BCUT2D eigenvalue weighted by Crippen LogP contribution is -2.41. The predicted octanol–water partition coefficient (Wildman–Crippen LogP) is 5.12. The molecule has 7 heteroatoms. The molecule has 0 bridgehead atoms. The van der Waals surface area contributed by atoms with Crippen LogP contribution in [0.25, 0.3) is 11.4 Å². The van der Waals surface area contributed by atoms with Crippen LogP contribution < -0.4 is 10.2 Å². The highest BCUT2D eigenvalue weighted by Gasteiger charge is 2.27. The lowest BCUT2D eigenvalue weighted by atomic mass is 9.95. The normalized spacial score (nSPS) is 18.2. The van der Waals surface area contributed by atoms with Crippen LogP contribution in [0.1, 0.15) is 62.1 Å². The zero-order valence-corrected chi connectivity index (χ0v) is 21.4. The molecule has 3 heterocycles. The summed E-state index contributed by atoms with van der Waals surface area (Å²) in [6.07, 6.45) is 5.56. The molecular formula is C29H37N5O2. The van der Waals surface area contributed by atoms with Gasteiger partial charge < -0.3 is 14.7 Å². The van der Waals surface area contributed by atoms with E-state index in [1.807, 2.05) is 24.3 Å². The molecule has 1 N–H and O–H groups in total. The minimum atomic E-state index is 0.00419. The van der Waals surface area contributed by atoms with Crippen LogP contribution in [-0.2, 0) is 11.3 Å². The number of benzene rings is 2. The summed E-state index contributed by atoms with van der Waals surface area (Å²) in [6.45, 7) is 8.73. The Hall–Kier alpha value is -3.19. The molecule has 2 aliphatic rings. The maximum atomic E-state index is 13.0. The highest BCUT2D eigenvalue weighted by molar-refractivity contribution is 5.79. The fourth-order valence-corrected chi connectivity index (χ4v) is 5.22. The predicted molar refractivity (Wildman–Crippen MR) is 142 cm³/mol. The van der Waals surface area contributed by atoms with Gasteiger partial charge in [-0.3, -0.25) is 9.69 Å². The molecule has 7 nitrogen and oxygen atoms in total. The topological polar surface area (TPSA) is 74.5 Å². The van der Waals surface area contributed by atoms with Crippen molar-refractivity contribution in [1.82, 2.24) is 20.4 Å². The number of likely N-dealkylation sites (tertiary alicyclic amines) is 1. The van der Waals surface area contributed by atoms with E-state index < -0.39 is 0 Å². The van der Waals surface area contributed by atoms with Gasteiger partial charge in [-0.1, -0.05) is 47.1 Å². The number of amides is 1. The number of aromatic nitrogens is 2. The number of hydrogen-bond donors (Lipinski definition) is 1. The van der Waals surface area contributed by atoms with Gasteiger partial charge >= 0.3 is 0 Å². The largest absolute Gasteiger partial charge is 0.372 e. The van der Waals surface area contributed by atoms with Crippen molar-refractivity contribution in [3.8, 4) is 11.4 Å². The van der Waals surface area contributed by atoms with Gasteiger partial charge in [0.15, 0.2) is 0 Å². The second kappa shape index (κ2) is 11.2. The van der Waals surface area contributed by atoms with Crippen LogP contribution in [0.4, 0.5) is 5.69 Å². The van der Waals surface area contributed by atoms with Gasteiger partial charge in [0.1, 0.15) is 0 Å². The van der Waals surface area contributed by atoms with E-state index in [2.05, 4.69) is 63.4 Å². The fourth-order valence-electron chi connectivity index (χ4n) is 5.22. The molecule has 0 aliphatic carbocycles. The lowest BCUT2D eigenvalue weighted by molar-refractivity contribution is -0.127. The van der Waals surface area contributed by atoms with Crippen LogP contribution in [0, 0.1) is 12.8 Å². The highest BCUT2D eigenvalue weighted by atomic mass is 16.5. The smallest absolute Gasteiger partial charge is 0.241 e. The number of anilines is 1. The van der Waals surface area contributed by atoms with Crippen molar-refractivity contribution in [3.63, 3.8) is 0 Å². The molecule has 190 valence electrons. The third kappa shape index (κ3) is 5.95. The summed E-state index contributed by atoms with van der Waals surface area (Å²) in [5.74, 6) is 1.44. The number of rotatable bonds is 7. The van der Waals surface area contributed by atoms with Crippen molar-refractivity contribution in [3.05, 3.63) is 65.5 Å². The number of piperidine rings is 2. The standard InChI is InChI=1S/C29H37N5O2/c1-21-6-8-24(9-7-21)28-31-27(36-32-28)20-33-18-14-25(15-19-33)29(35)30-22(2)23-10-12-26(13-11-23)34-16-4-3-5-17-34/h6-13,22,25H,3-5,14-20H2,1-2H3,(H,30,35). The van der Waals surface area contributed by atoms with Gasteiger partial charge in [0.25, 0.3) is 0 Å². The number of nitrogens with one attached hydrogen (secondary N) is 1. The van der Waals surface area contributed by atoms with Gasteiger partial charge in [0.2, 0.25) is 17.6 Å². The van der Waals surface area contributed by atoms with Gasteiger partial charge in [-0.2, -0.15) is 4.98 Å². The van der Waals surface area contributed by atoms with Crippen molar-refractivity contribution < 1.29 is 9.32 Å². The quantitative estimate of drug-likeness (QED) is 0.498. The summed E-state index contributed by atoms with van der Waals surface area (Å²) in [7, 11) is 0. The van der Waals surface area contributed by atoms with Crippen molar-refractivity contribution >= 4 is 11.6 Å². The molecule has 1 atom stereocenters. The summed E-state index contributed by atoms with van der Waals surface area (Å²) < 4.78 is 5.49. The van der Waals surface area contributed by atoms with Gasteiger partial charge in [-0.15, -0.1) is 0 Å². The number of nitrogens with zero attached hydrogens (tertiary/aromatic N) is 4. The first-order valence-electron chi connectivity index (χ1n) is 13.3. The second-order valence-electron chi connectivity index (χ2n) is 10.3. The average Bonchev–Trinajstić information content (AvgIpc) is 3.38. The molecule has 2 saturated heterocycles. The molecule has 5 rings (SSSR count). The number of carbonyl (C=O) groups excluding carboxylic acids is 1. The molecule has 36 heavy (non-hydrogen) atoms. The Morgan fingerprint density at radius 3 is 2.39 bits per heavy atom. The van der Waals surface area contributed by atoms with Crippen LogP contribution >= 0.6 is 0 Å². The maximum absolute atomic E-state index is 13.0. The highest BCUT2D eigenvalue weighted by Crippen LogP contribution is 2.25. The average molecular weight is 488 g/mol. The Kier molecular flexibility index (Phi) is 7.66. The maximum Gasteiger partial charge on any atom is 0.241 e. The van der Waals surface area contributed by atoms with Gasteiger partial charge in [0, 0.05) is 30.3 Å². The molecular weight excluding hydrogens is 450 g/mol. The summed E-state index contributed by atoms with van der Waals surface area (Å²) in [6, 6.07) is 16.8. The molecule has 0 radical (unpaired) electrons. The molecule has 1 amide bonds. The summed E-state index contributed by atoms with van der Waals surface area (Å²) in [4.78, 5) is 22.3. The number of aryl methyl sites for hydroxylation is 1. The van der Waals surface area contributed by atoms with Gasteiger partial charge in [-0.05, 0) is 76.7 Å². The van der Waals surface area contributed by atoms with E-state index in [4.69, 9.17) is 4.52 Å². The van der Waals surface area contributed by atoms with E-state index in [1.165, 1.54) is 30.5 Å². The van der Waals surface area contributed by atoms with E-state index in [9.17, 15) is 4.79 Å². The van der Waals surface area contributed by atoms with Crippen molar-refractivity contribution in [2.24, 2.45) is 5.92 Å². The fraction of sp³-hybridized carbons (Fsp3) is 0.483. The van der Waals surface area contributed by atoms with E-state index in [1.54, 1.807) is 0 Å². The first kappa shape index (κ1) is 24.5. The molecule has 1 unspecified atom stereocenters.